The lowest BCUT2D eigenvalue weighted by Gasteiger charge is -2.36. The number of piperazine rings is 1. The SMILES string of the molecule is Cc1nc(N2CCCCC2)cc(N2CCN(Cc3c(F)cncc3F)CC2)n1. The number of aromatic nitrogens is 3. The maximum atomic E-state index is 13.9. The zero-order chi connectivity index (χ0) is 19.5. The molecule has 0 amide bonds. The highest BCUT2D eigenvalue weighted by atomic mass is 19.1. The van der Waals surface area contributed by atoms with Gasteiger partial charge in [-0.3, -0.25) is 9.88 Å². The zero-order valence-electron chi connectivity index (χ0n) is 16.2. The van der Waals surface area contributed by atoms with Gasteiger partial charge in [0.1, 0.15) is 29.1 Å². The van der Waals surface area contributed by atoms with Crippen molar-refractivity contribution in [1.29, 1.82) is 0 Å². The number of piperidine rings is 1. The standard InChI is InChI=1S/C20H26F2N6/c1-15-24-19(27-5-3-2-4-6-27)11-20(25-15)28-9-7-26(8-10-28)14-16-17(21)12-23-13-18(16)22/h11-13H,2-10,14H2,1H3. The largest absolute Gasteiger partial charge is 0.356 e. The van der Waals surface area contributed by atoms with Crippen LogP contribution in [0.3, 0.4) is 0 Å². The van der Waals surface area contributed by atoms with Gasteiger partial charge in [0, 0.05) is 57.4 Å². The second-order valence-corrected chi connectivity index (χ2v) is 7.52. The smallest absolute Gasteiger partial charge is 0.148 e. The number of anilines is 2. The summed E-state index contributed by atoms with van der Waals surface area (Å²) in [6.07, 6.45) is 5.84. The number of halogens is 2. The van der Waals surface area contributed by atoms with E-state index in [1.165, 1.54) is 19.3 Å². The van der Waals surface area contributed by atoms with Crippen LogP contribution in [0.15, 0.2) is 18.5 Å². The molecule has 0 aromatic carbocycles. The fourth-order valence-corrected chi connectivity index (χ4v) is 3.93. The number of hydrogen-bond acceptors (Lipinski definition) is 6. The van der Waals surface area contributed by atoms with E-state index in [0.717, 1.165) is 69.1 Å². The minimum absolute atomic E-state index is 0.0914. The van der Waals surface area contributed by atoms with Crippen LogP contribution in [0.4, 0.5) is 20.4 Å². The quantitative estimate of drug-likeness (QED) is 0.803. The molecule has 0 aliphatic carbocycles. The van der Waals surface area contributed by atoms with Crippen molar-refractivity contribution in [3.63, 3.8) is 0 Å². The van der Waals surface area contributed by atoms with Crippen LogP contribution >= 0.6 is 0 Å². The highest BCUT2D eigenvalue weighted by molar-refractivity contribution is 5.51. The van der Waals surface area contributed by atoms with Crippen LogP contribution in [0.1, 0.15) is 30.7 Å². The van der Waals surface area contributed by atoms with Crippen molar-refractivity contribution >= 4 is 11.6 Å². The lowest BCUT2D eigenvalue weighted by Crippen LogP contribution is -2.46. The minimum atomic E-state index is -0.583. The van der Waals surface area contributed by atoms with Gasteiger partial charge >= 0.3 is 0 Å². The maximum Gasteiger partial charge on any atom is 0.148 e. The fraction of sp³-hybridized carbons (Fsp3) is 0.550. The van der Waals surface area contributed by atoms with Crippen LogP contribution in [0.25, 0.3) is 0 Å². The van der Waals surface area contributed by atoms with E-state index in [1.54, 1.807) is 0 Å². The third-order valence-electron chi connectivity index (χ3n) is 5.52. The molecule has 4 heterocycles. The molecule has 0 unspecified atom stereocenters. The van der Waals surface area contributed by atoms with Crippen molar-refractivity contribution < 1.29 is 8.78 Å². The van der Waals surface area contributed by atoms with Crippen molar-refractivity contribution in [3.05, 3.63) is 41.5 Å². The predicted molar refractivity (Wildman–Crippen MR) is 104 cm³/mol. The Hall–Kier alpha value is -2.35. The maximum absolute atomic E-state index is 13.9. The van der Waals surface area contributed by atoms with Crippen LogP contribution < -0.4 is 9.80 Å². The van der Waals surface area contributed by atoms with Crippen molar-refractivity contribution in [2.75, 3.05) is 49.1 Å². The van der Waals surface area contributed by atoms with E-state index in [1.807, 2.05) is 6.92 Å². The Balaban J connectivity index is 1.41. The first-order valence-corrected chi connectivity index (χ1v) is 9.96. The van der Waals surface area contributed by atoms with Gasteiger partial charge in [0.05, 0.1) is 12.4 Å². The van der Waals surface area contributed by atoms with Crippen molar-refractivity contribution in [2.24, 2.45) is 0 Å². The normalized spacial score (nSPS) is 18.5. The van der Waals surface area contributed by atoms with Gasteiger partial charge in [-0.05, 0) is 26.2 Å². The molecule has 2 aromatic rings. The van der Waals surface area contributed by atoms with E-state index in [2.05, 4.69) is 35.7 Å². The Morgan fingerprint density at radius 2 is 1.39 bits per heavy atom. The molecule has 28 heavy (non-hydrogen) atoms. The van der Waals surface area contributed by atoms with Gasteiger partial charge in [0.25, 0.3) is 0 Å². The molecule has 8 heteroatoms. The third-order valence-corrected chi connectivity index (χ3v) is 5.52. The van der Waals surface area contributed by atoms with E-state index in [4.69, 9.17) is 0 Å². The Kier molecular flexibility index (Phi) is 5.66. The summed E-state index contributed by atoms with van der Waals surface area (Å²) in [7, 11) is 0. The van der Waals surface area contributed by atoms with Crippen molar-refractivity contribution in [3.8, 4) is 0 Å². The Labute approximate surface area is 164 Å². The highest BCUT2D eigenvalue weighted by Gasteiger charge is 2.22. The molecule has 2 aliphatic rings. The van der Waals surface area contributed by atoms with E-state index < -0.39 is 11.6 Å². The van der Waals surface area contributed by atoms with Gasteiger partial charge in [0.2, 0.25) is 0 Å². The fourth-order valence-electron chi connectivity index (χ4n) is 3.93. The summed E-state index contributed by atoms with van der Waals surface area (Å²) in [5.41, 5.74) is 0.0914. The van der Waals surface area contributed by atoms with E-state index in [-0.39, 0.29) is 12.1 Å². The van der Waals surface area contributed by atoms with Crippen LogP contribution in [-0.4, -0.2) is 59.1 Å². The van der Waals surface area contributed by atoms with Gasteiger partial charge in [-0.25, -0.2) is 18.7 Å². The van der Waals surface area contributed by atoms with Crippen molar-refractivity contribution in [1.82, 2.24) is 19.9 Å². The number of pyridine rings is 1. The third kappa shape index (κ3) is 4.22. The average Bonchev–Trinajstić information content (AvgIpc) is 2.71. The lowest BCUT2D eigenvalue weighted by molar-refractivity contribution is 0.242. The highest BCUT2D eigenvalue weighted by Crippen LogP contribution is 2.24. The van der Waals surface area contributed by atoms with E-state index >= 15 is 0 Å². The summed E-state index contributed by atoms with van der Waals surface area (Å²) >= 11 is 0. The summed E-state index contributed by atoms with van der Waals surface area (Å²) in [5.74, 6) is 1.56. The number of hydrogen-bond donors (Lipinski definition) is 0. The molecule has 2 fully saturated rings. The molecule has 6 nitrogen and oxygen atoms in total. The molecule has 0 N–H and O–H groups in total. The van der Waals surface area contributed by atoms with E-state index in [0.29, 0.717) is 0 Å². The van der Waals surface area contributed by atoms with Gasteiger partial charge in [-0.1, -0.05) is 0 Å². The topological polar surface area (TPSA) is 48.4 Å². The minimum Gasteiger partial charge on any atom is -0.356 e. The van der Waals surface area contributed by atoms with E-state index in [9.17, 15) is 8.78 Å². The first-order valence-electron chi connectivity index (χ1n) is 9.96. The summed E-state index contributed by atoms with van der Waals surface area (Å²) in [6.45, 7) is 7.28. The first kappa shape index (κ1) is 19.0. The van der Waals surface area contributed by atoms with Crippen LogP contribution in [0, 0.1) is 18.6 Å². The Morgan fingerprint density at radius 1 is 0.821 bits per heavy atom. The zero-order valence-corrected chi connectivity index (χ0v) is 16.2. The second-order valence-electron chi connectivity index (χ2n) is 7.52. The van der Waals surface area contributed by atoms with Crippen LogP contribution in [0.5, 0.6) is 0 Å². The first-order chi connectivity index (χ1) is 13.6. The summed E-state index contributed by atoms with van der Waals surface area (Å²) in [5, 5.41) is 0. The molecule has 4 rings (SSSR count). The molecule has 2 saturated heterocycles. The molecule has 2 aromatic heterocycles. The molecular formula is C20H26F2N6. The molecule has 0 bridgehead atoms. The molecule has 150 valence electrons. The van der Waals surface area contributed by atoms with Crippen LogP contribution in [-0.2, 0) is 6.54 Å². The number of nitrogens with zero attached hydrogens (tertiary/aromatic N) is 6. The molecule has 0 saturated carbocycles. The van der Waals surface area contributed by atoms with Gasteiger partial charge < -0.3 is 9.80 Å². The molecular weight excluding hydrogens is 362 g/mol. The molecule has 0 atom stereocenters. The van der Waals surface area contributed by atoms with Gasteiger partial charge in [-0.2, -0.15) is 0 Å². The number of aryl methyl sites for hydroxylation is 1. The molecule has 0 radical (unpaired) electrons. The van der Waals surface area contributed by atoms with Crippen molar-refractivity contribution in [2.45, 2.75) is 32.7 Å². The molecule has 2 aliphatic heterocycles. The Bertz CT molecular complexity index is 796. The predicted octanol–water partition coefficient (Wildman–Crippen LogP) is 2.77. The van der Waals surface area contributed by atoms with Gasteiger partial charge in [0.15, 0.2) is 0 Å². The molecule has 0 spiro atoms. The lowest BCUT2D eigenvalue weighted by atomic mass is 10.1. The van der Waals surface area contributed by atoms with Gasteiger partial charge in [-0.15, -0.1) is 0 Å². The average molecular weight is 388 g/mol. The second kappa shape index (κ2) is 8.34. The van der Waals surface area contributed by atoms with Crippen LogP contribution in [0.2, 0.25) is 0 Å². The summed E-state index contributed by atoms with van der Waals surface area (Å²) < 4.78 is 27.7. The summed E-state index contributed by atoms with van der Waals surface area (Å²) in [4.78, 5) is 19.5. The summed E-state index contributed by atoms with van der Waals surface area (Å²) in [6, 6.07) is 2.08. The Morgan fingerprint density at radius 3 is 2.00 bits per heavy atom. The number of rotatable bonds is 4. The monoisotopic (exact) mass is 388 g/mol.